The van der Waals surface area contributed by atoms with Gasteiger partial charge >= 0.3 is 6.18 Å². The number of alkyl halides is 3. The second-order valence-corrected chi connectivity index (χ2v) is 6.43. The average Bonchev–Trinajstić information content (AvgIpc) is 3.37. The molecule has 3 aromatic heterocycles. The van der Waals surface area contributed by atoms with Crippen molar-refractivity contribution >= 4 is 0 Å². The number of rotatable bonds is 5. The Balaban J connectivity index is 1.54. The Morgan fingerprint density at radius 1 is 0.967 bits per heavy atom. The van der Waals surface area contributed by atoms with Gasteiger partial charge in [0.2, 0.25) is 0 Å². The van der Waals surface area contributed by atoms with Gasteiger partial charge in [-0.15, -0.1) is 0 Å². The van der Waals surface area contributed by atoms with E-state index >= 15 is 0 Å². The van der Waals surface area contributed by atoms with E-state index in [4.69, 9.17) is 0 Å². The standard InChI is InChI=1S/C19H13F5N6/c20-13-2-1-11(14(21)8-13)4-6-30-9-16(26-10-30)15-7-12(3-5-25-15)17-18(19(22,23)24)28-29-27-17/h1-3,5,7-10H,4,6H2,(H,27,28,29). The van der Waals surface area contributed by atoms with Crippen LogP contribution in [0, 0.1) is 11.6 Å². The maximum atomic E-state index is 13.8. The maximum absolute atomic E-state index is 13.8. The first-order chi connectivity index (χ1) is 14.3. The predicted molar refractivity (Wildman–Crippen MR) is 95.9 cm³/mol. The van der Waals surface area contributed by atoms with Crippen molar-refractivity contribution in [1.29, 1.82) is 0 Å². The highest BCUT2D eigenvalue weighted by atomic mass is 19.4. The van der Waals surface area contributed by atoms with Crippen LogP contribution in [0.4, 0.5) is 22.0 Å². The summed E-state index contributed by atoms with van der Waals surface area (Å²) in [6, 6.07) is 6.21. The number of hydrogen-bond acceptors (Lipinski definition) is 4. The fourth-order valence-corrected chi connectivity index (χ4v) is 2.94. The van der Waals surface area contributed by atoms with Gasteiger partial charge in [-0.05, 0) is 30.2 Å². The molecule has 4 rings (SSSR count). The van der Waals surface area contributed by atoms with Crippen LogP contribution in [-0.4, -0.2) is 29.9 Å². The minimum Gasteiger partial charge on any atom is -0.336 e. The molecule has 0 spiro atoms. The molecule has 0 aliphatic carbocycles. The average molecular weight is 420 g/mol. The lowest BCUT2D eigenvalue weighted by Gasteiger charge is -2.05. The summed E-state index contributed by atoms with van der Waals surface area (Å²) in [4.78, 5) is 8.36. The van der Waals surface area contributed by atoms with E-state index in [1.54, 1.807) is 10.8 Å². The number of benzene rings is 1. The molecule has 30 heavy (non-hydrogen) atoms. The summed E-state index contributed by atoms with van der Waals surface area (Å²) >= 11 is 0. The van der Waals surface area contributed by atoms with Gasteiger partial charge in [0, 0.05) is 30.6 Å². The van der Waals surface area contributed by atoms with E-state index in [2.05, 4.69) is 20.2 Å². The molecular weight excluding hydrogens is 407 g/mol. The zero-order valence-corrected chi connectivity index (χ0v) is 15.2. The Morgan fingerprint density at radius 3 is 2.57 bits per heavy atom. The molecule has 1 aromatic carbocycles. The van der Waals surface area contributed by atoms with Crippen LogP contribution in [0.15, 0.2) is 49.1 Å². The van der Waals surface area contributed by atoms with Gasteiger partial charge < -0.3 is 4.57 Å². The van der Waals surface area contributed by atoms with E-state index in [0.717, 1.165) is 6.07 Å². The van der Waals surface area contributed by atoms with Gasteiger partial charge in [-0.25, -0.2) is 13.8 Å². The van der Waals surface area contributed by atoms with Crippen molar-refractivity contribution < 1.29 is 22.0 Å². The normalized spacial score (nSPS) is 11.8. The highest BCUT2D eigenvalue weighted by Crippen LogP contribution is 2.34. The summed E-state index contributed by atoms with van der Waals surface area (Å²) in [5.41, 5.74) is -0.144. The molecule has 1 N–H and O–H groups in total. The van der Waals surface area contributed by atoms with Gasteiger partial charge in [-0.1, -0.05) is 6.07 Å². The fourth-order valence-electron chi connectivity index (χ4n) is 2.94. The smallest absolute Gasteiger partial charge is 0.336 e. The molecule has 0 saturated carbocycles. The first-order valence-electron chi connectivity index (χ1n) is 8.72. The van der Waals surface area contributed by atoms with Crippen molar-refractivity contribution in [2.45, 2.75) is 19.1 Å². The van der Waals surface area contributed by atoms with Gasteiger partial charge in [-0.3, -0.25) is 4.98 Å². The van der Waals surface area contributed by atoms with Crippen LogP contribution in [0.3, 0.4) is 0 Å². The third-order valence-corrected chi connectivity index (χ3v) is 4.40. The van der Waals surface area contributed by atoms with Crippen molar-refractivity contribution in [3.63, 3.8) is 0 Å². The van der Waals surface area contributed by atoms with E-state index in [1.807, 2.05) is 5.21 Å². The second-order valence-electron chi connectivity index (χ2n) is 6.43. The van der Waals surface area contributed by atoms with E-state index in [1.165, 1.54) is 36.8 Å². The van der Waals surface area contributed by atoms with Crippen LogP contribution in [0.2, 0.25) is 0 Å². The largest absolute Gasteiger partial charge is 0.437 e. The molecule has 0 saturated heterocycles. The summed E-state index contributed by atoms with van der Waals surface area (Å²) < 4.78 is 67.6. The lowest BCUT2D eigenvalue weighted by Crippen LogP contribution is -2.07. The molecule has 154 valence electrons. The molecular formula is C19H13F5N6. The molecule has 0 radical (unpaired) electrons. The van der Waals surface area contributed by atoms with E-state index in [-0.39, 0.29) is 11.3 Å². The quantitative estimate of drug-likeness (QED) is 0.490. The number of halogens is 5. The van der Waals surface area contributed by atoms with Crippen LogP contribution in [-0.2, 0) is 19.1 Å². The lowest BCUT2D eigenvalue weighted by molar-refractivity contribution is -0.140. The van der Waals surface area contributed by atoms with Crippen molar-refractivity contribution in [2.75, 3.05) is 0 Å². The molecule has 6 nitrogen and oxygen atoms in total. The van der Waals surface area contributed by atoms with Gasteiger partial charge in [0.15, 0.2) is 5.69 Å². The summed E-state index contributed by atoms with van der Waals surface area (Å²) in [5.74, 6) is -1.27. The number of aromatic amines is 1. The van der Waals surface area contributed by atoms with Gasteiger partial charge in [-0.2, -0.15) is 28.6 Å². The topological polar surface area (TPSA) is 72.3 Å². The van der Waals surface area contributed by atoms with E-state index in [0.29, 0.717) is 29.9 Å². The van der Waals surface area contributed by atoms with E-state index < -0.39 is 23.5 Å². The van der Waals surface area contributed by atoms with Crippen LogP contribution < -0.4 is 0 Å². The van der Waals surface area contributed by atoms with Crippen LogP contribution in [0.25, 0.3) is 22.6 Å². The zero-order chi connectivity index (χ0) is 21.3. The second kappa shape index (κ2) is 7.65. The Morgan fingerprint density at radius 2 is 1.80 bits per heavy atom. The molecule has 3 heterocycles. The number of nitrogens with zero attached hydrogens (tertiary/aromatic N) is 5. The number of nitrogens with one attached hydrogen (secondary N) is 1. The Hall–Kier alpha value is -3.63. The number of aryl methyl sites for hydroxylation is 2. The van der Waals surface area contributed by atoms with Crippen LogP contribution >= 0.6 is 0 Å². The summed E-state index contributed by atoms with van der Waals surface area (Å²) in [6.45, 7) is 0.372. The third kappa shape index (κ3) is 4.04. The number of aromatic nitrogens is 6. The Labute approximate surface area is 166 Å². The number of pyridine rings is 1. The minimum atomic E-state index is -4.65. The van der Waals surface area contributed by atoms with E-state index in [9.17, 15) is 22.0 Å². The van der Waals surface area contributed by atoms with Crippen molar-refractivity contribution in [3.05, 3.63) is 71.9 Å². The molecule has 0 unspecified atom stereocenters. The minimum absolute atomic E-state index is 0.184. The summed E-state index contributed by atoms with van der Waals surface area (Å²) in [5, 5.41) is 8.77. The Bertz CT molecular complexity index is 1180. The summed E-state index contributed by atoms with van der Waals surface area (Å²) in [7, 11) is 0. The molecule has 11 heteroatoms. The molecule has 4 aromatic rings. The highest BCUT2D eigenvalue weighted by Gasteiger charge is 2.38. The molecule has 0 amide bonds. The van der Waals surface area contributed by atoms with Crippen molar-refractivity contribution in [2.24, 2.45) is 0 Å². The fraction of sp³-hybridized carbons (Fsp3) is 0.158. The highest BCUT2D eigenvalue weighted by molar-refractivity contribution is 5.67. The molecule has 0 aliphatic heterocycles. The van der Waals surface area contributed by atoms with Crippen LogP contribution in [0.1, 0.15) is 11.3 Å². The maximum Gasteiger partial charge on any atom is 0.437 e. The molecule has 0 atom stereocenters. The first kappa shape index (κ1) is 19.7. The van der Waals surface area contributed by atoms with Gasteiger partial charge in [0.25, 0.3) is 0 Å². The number of imidazole rings is 1. The summed E-state index contributed by atoms with van der Waals surface area (Å²) in [6.07, 6.45) is 0.155. The van der Waals surface area contributed by atoms with Crippen LogP contribution in [0.5, 0.6) is 0 Å². The predicted octanol–water partition coefficient (Wildman–Crippen LogP) is 4.27. The lowest BCUT2D eigenvalue weighted by atomic mass is 10.1. The number of hydrogen-bond donors (Lipinski definition) is 1. The molecule has 0 fully saturated rings. The van der Waals surface area contributed by atoms with Gasteiger partial charge in [0.1, 0.15) is 23.0 Å². The Kier molecular flexibility index (Phi) is 5.02. The third-order valence-electron chi connectivity index (χ3n) is 4.40. The molecule has 0 aliphatic rings. The zero-order valence-electron chi connectivity index (χ0n) is 15.2. The van der Waals surface area contributed by atoms with Gasteiger partial charge in [0.05, 0.1) is 12.0 Å². The molecule has 0 bridgehead atoms. The van der Waals surface area contributed by atoms with Crippen molar-refractivity contribution in [3.8, 4) is 22.6 Å². The first-order valence-corrected chi connectivity index (χ1v) is 8.72. The number of H-pyrrole nitrogens is 1. The SMILES string of the molecule is Fc1ccc(CCn2cnc(-c3cc(-c4n[nH]nc4C(F)(F)F)ccn3)c2)c(F)c1. The monoisotopic (exact) mass is 420 g/mol. The van der Waals surface area contributed by atoms with Crippen molar-refractivity contribution in [1.82, 2.24) is 29.9 Å².